The Bertz CT molecular complexity index is 835. The average Bonchev–Trinajstić information content (AvgIpc) is 2.99. The highest BCUT2D eigenvalue weighted by molar-refractivity contribution is 5.75. The van der Waals surface area contributed by atoms with E-state index in [1.165, 1.54) is 12.1 Å². The highest BCUT2D eigenvalue weighted by atomic mass is 19.1. The molecule has 0 aliphatic carbocycles. The zero-order valence-corrected chi connectivity index (χ0v) is 12.3. The molecule has 5 nitrogen and oxygen atoms in total. The van der Waals surface area contributed by atoms with Crippen molar-refractivity contribution >= 4 is 11.3 Å². The van der Waals surface area contributed by atoms with Gasteiger partial charge >= 0.3 is 0 Å². The summed E-state index contributed by atoms with van der Waals surface area (Å²) in [6.07, 6.45) is 3.42. The SMILES string of the molecule is Fc1cc(F)cc(-c2cc3c(N4CCNCC4)nccn3n2)c1. The number of benzene rings is 1. The molecule has 7 heteroatoms. The summed E-state index contributed by atoms with van der Waals surface area (Å²) in [4.78, 5) is 6.65. The molecule has 0 spiro atoms. The van der Waals surface area contributed by atoms with Crippen LogP contribution in [-0.2, 0) is 0 Å². The molecule has 1 aromatic carbocycles. The second-order valence-corrected chi connectivity index (χ2v) is 5.51. The highest BCUT2D eigenvalue weighted by Gasteiger charge is 2.17. The van der Waals surface area contributed by atoms with Crippen molar-refractivity contribution in [3.05, 3.63) is 48.3 Å². The number of hydrogen-bond acceptors (Lipinski definition) is 4. The highest BCUT2D eigenvalue weighted by Crippen LogP contribution is 2.26. The third-order valence-electron chi connectivity index (χ3n) is 3.94. The van der Waals surface area contributed by atoms with Crippen LogP contribution in [0, 0.1) is 11.6 Å². The Morgan fingerprint density at radius 3 is 2.48 bits per heavy atom. The van der Waals surface area contributed by atoms with Gasteiger partial charge in [-0.3, -0.25) is 0 Å². The quantitative estimate of drug-likeness (QED) is 0.786. The molecule has 3 aromatic rings. The lowest BCUT2D eigenvalue weighted by Crippen LogP contribution is -2.44. The molecule has 1 fully saturated rings. The number of nitrogens with zero attached hydrogens (tertiary/aromatic N) is 4. The van der Waals surface area contributed by atoms with Gasteiger partial charge in [0.1, 0.15) is 17.2 Å². The van der Waals surface area contributed by atoms with Gasteiger partial charge in [0.2, 0.25) is 0 Å². The minimum Gasteiger partial charge on any atom is -0.352 e. The van der Waals surface area contributed by atoms with E-state index in [9.17, 15) is 8.78 Å². The number of fused-ring (bicyclic) bond motifs is 1. The number of rotatable bonds is 2. The van der Waals surface area contributed by atoms with Gasteiger partial charge in [0.15, 0.2) is 5.82 Å². The van der Waals surface area contributed by atoms with E-state index in [1.54, 1.807) is 16.9 Å². The standard InChI is InChI=1S/C16H15F2N5/c17-12-7-11(8-13(18)9-12)14-10-15-16(20-3-6-23(15)21-14)22-4-1-19-2-5-22/h3,6-10,19H,1-2,4-5H2. The largest absolute Gasteiger partial charge is 0.352 e. The monoisotopic (exact) mass is 315 g/mol. The summed E-state index contributed by atoms with van der Waals surface area (Å²) in [6.45, 7) is 3.53. The molecule has 0 unspecified atom stereocenters. The van der Waals surface area contributed by atoms with Crippen LogP contribution in [0.4, 0.5) is 14.6 Å². The van der Waals surface area contributed by atoms with E-state index < -0.39 is 11.6 Å². The molecule has 1 aliphatic heterocycles. The lowest BCUT2D eigenvalue weighted by molar-refractivity contribution is 0.584. The predicted octanol–water partition coefficient (Wildman–Crippen LogP) is 2.08. The molecular formula is C16H15F2N5. The Hall–Kier alpha value is -2.54. The zero-order valence-electron chi connectivity index (χ0n) is 12.3. The number of hydrogen-bond donors (Lipinski definition) is 1. The van der Waals surface area contributed by atoms with Gasteiger partial charge in [-0.2, -0.15) is 5.10 Å². The van der Waals surface area contributed by atoms with Gasteiger partial charge in [0, 0.05) is 50.2 Å². The van der Waals surface area contributed by atoms with Crippen molar-refractivity contribution in [1.29, 1.82) is 0 Å². The maximum atomic E-state index is 13.4. The summed E-state index contributed by atoms with van der Waals surface area (Å²) in [5.41, 5.74) is 1.76. The minimum absolute atomic E-state index is 0.414. The van der Waals surface area contributed by atoms with Gasteiger partial charge < -0.3 is 10.2 Å². The van der Waals surface area contributed by atoms with Gasteiger partial charge in [0.05, 0.1) is 5.69 Å². The normalized spacial score (nSPS) is 15.3. The fourth-order valence-electron chi connectivity index (χ4n) is 2.87. The summed E-state index contributed by atoms with van der Waals surface area (Å²) in [6, 6.07) is 5.23. The van der Waals surface area contributed by atoms with Gasteiger partial charge in [-0.1, -0.05) is 0 Å². The minimum atomic E-state index is -0.613. The van der Waals surface area contributed by atoms with E-state index in [0.29, 0.717) is 11.3 Å². The lowest BCUT2D eigenvalue weighted by atomic mass is 10.1. The van der Waals surface area contributed by atoms with Crippen LogP contribution in [0.5, 0.6) is 0 Å². The summed E-state index contributed by atoms with van der Waals surface area (Å²) >= 11 is 0. The van der Waals surface area contributed by atoms with Crippen molar-refractivity contribution in [3.8, 4) is 11.3 Å². The molecule has 118 valence electrons. The van der Waals surface area contributed by atoms with Gasteiger partial charge in [0.25, 0.3) is 0 Å². The third kappa shape index (κ3) is 2.63. The molecule has 0 amide bonds. The summed E-state index contributed by atoms with van der Waals surface area (Å²) in [5.74, 6) is -0.389. The van der Waals surface area contributed by atoms with Crippen LogP contribution >= 0.6 is 0 Å². The number of nitrogens with one attached hydrogen (secondary N) is 1. The van der Waals surface area contributed by atoms with Crippen molar-refractivity contribution < 1.29 is 8.78 Å². The maximum Gasteiger partial charge on any atom is 0.154 e. The molecule has 0 saturated carbocycles. The molecule has 23 heavy (non-hydrogen) atoms. The van der Waals surface area contributed by atoms with E-state index in [2.05, 4.69) is 20.3 Å². The summed E-state index contributed by atoms with van der Waals surface area (Å²) in [5, 5.41) is 7.72. The van der Waals surface area contributed by atoms with Crippen LogP contribution in [0.1, 0.15) is 0 Å². The Morgan fingerprint density at radius 1 is 1.00 bits per heavy atom. The Labute approximate surface area is 131 Å². The molecule has 1 aliphatic rings. The first-order chi connectivity index (χ1) is 11.2. The van der Waals surface area contributed by atoms with Crippen molar-refractivity contribution in [3.63, 3.8) is 0 Å². The Kier molecular flexibility index (Phi) is 3.42. The van der Waals surface area contributed by atoms with Gasteiger partial charge in [-0.15, -0.1) is 0 Å². The average molecular weight is 315 g/mol. The fourth-order valence-corrected chi connectivity index (χ4v) is 2.87. The fraction of sp³-hybridized carbons (Fsp3) is 0.250. The molecule has 1 N–H and O–H groups in total. The van der Waals surface area contributed by atoms with E-state index in [4.69, 9.17) is 0 Å². The third-order valence-corrected chi connectivity index (χ3v) is 3.94. The number of halogens is 2. The van der Waals surface area contributed by atoms with Crippen LogP contribution in [0.3, 0.4) is 0 Å². The molecule has 0 radical (unpaired) electrons. The molecule has 1 saturated heterocycles. The summed E-state index contributed by atoms with van der Waals surface area (Å²) < 4.78 is 28.6. The molecule has 3 heterocycles. The van der Waals surface area contributed by atoms with Gasteiger partial charge in [-0.25, -0.2) is 18.3 Å². The van der Waals surface area contributed by atoms with Crippen molar-refractivity contribution in [2.75, 3.05) is 31.1 Å². The summed E-state index contributed by atoms with van der Waals surface area (Å²) in [7, 11) is 0. The van der Waals surface area contributed by atoms with Crippen molar-refractivity contribution in [2.45, 2.75) is 0 Å². The van der Waals surface area contributed by atoms with Crippen molar-refractivity contribution in [2.24, 2.45) is 0 Å². The Morgan fingerprint density at radius 2 is 1.74 bits per heavy atom. The van der Waals surface area contributed by atoms with Crippen LogP contribution in [0.2, 0.25) is 0 Å². The predicted molar refractivity (Wildman–Crippen MR) is 83.4 cm³/mol. The van der Waals surface area contributed by atoms with E-state index in [1.807, 2.05) is 6.07 Å². The zero-order chi connectivity index (χ0) is 15.8. The van der Waals surface area contributed by atoms with E-state index >= 15 is 0 Å². The number of piperazine rings is 1. The molecule has 4 rings (SSSR count). The first kappa shape index (κ1) is 14.1. The molecular weight excluding hydrogens is 300 g/mol. The van der Waals surface area contributed by atoms with Crippen LogP contribution in [-0.4, -0.2) is 40.8 Å². The first-order valence-corrected chi connectivity index (χ1v) is 7.47. The van der Waals surface area contributed by atoms with E-state index in [0.717, 1.165) is 43.6 Å². The maximum absolute atomic E-state index is 13.4. The van der Waals surface area contributed by atoms with Gasteiger partial charge in [-0.05, 0) is 18.2 Å². The van der Waals surface area contributed by atoms with E-state index in [-0.39, 0.29) is 0 Å². The second kappa shape index (κ2) is 5.58. The lowest BCUT2D eigenvalue weighted by Gasteiger charge is -2.28. The van der Waals surface area contributed by atoms with Crippen LogP contribution in [0.25, 0.3) is 16.8 Å². The topological polar surface area (TPSA) is 45.5 Å². The number of anilines is 1. The van der Waals surface area contributed by atoms with Crippen LogP contribution < -0.4 is 10.2 Å². The molecule has 0 atom stereocenters. The number of aromatic nitrogens is 3. The molecule has 2 aromatic heterocycles. The second-order valence-electron chi connectivity index (χ2n) is 5.51. The van der Waals surface area contributed by atoms with Crippen LogP contribution in [0.15, 0.2) is 36.7 Å². The van der Waals surface area contributed by atoms with Crippen molar-refractivity contribution in [1.82, 2.24) is 19.9 Å². The smallest absolute Gasteiger partial charge is 0.154 e. The molecule has 0 bridgehead atoms. The Balaban J connectivity index is 1.81. The first-order valence-electron chi connectivity index (χ1n) is 7.47.